The predicted octanol–water partition coefficient (Wildman–Crippen LogP) is 3.76. The van der Waals surface area contributed by atoms with Gasteiger partial charge in [0.05, 0.1) is 24.3 Å². The molecule has 1 aliphatic rings. The molecule has 136 valence electrons. The zero-order valence-corrected chi connectivity index (χ0v) is 15.1. The molecule has 3 rings (SSSR count). The summed E-state index contributed by atoms with van der Waals surface area (Å²) in [5.74, 6) is 1.51. The van der Waals surface area contributed by atoms with Gasteiger partial charge in [0, 0.05) is 18.5 Å². The lowest BCUT2D eigenvalue weighted by atomic mass is 10.1. The van der Waals surface area contributed by atoms with Crippen LogP contribution in [0.25, 0.3) is 0 Å². The van der Waals surface area contributed by atoms with Crippen LogP contribution < -0.4 is 9.47 Å². The molecule has 5 nitrogen and oxygen atoms in total. The number of amides is 2. The van der Waals surface area contributed by atoms with Gasteiger partial charge in [-0.1, -0.05) is 18.2 Å². The standard InChI is InChI=1S/C20H20ClNO4/c21-10-4-12-25-15-6-3-7-16(14-15)26-13-5-11-22-19(23)17-8-1-2-9-18(17)20(22)24/h1-3,6-9,14H,4-5,10-13H2. The van der Waals surface area contributed by atoms with Crippen molar-refractivity contribution in [2.45, 2.75) is 12.8 Å². The molecular weight excluding hydrogens is 354 g/mol. The van der Waals surface area contributed by atoms with Crippen molar-refractivity contribution in [3.63, 3.8) is 0 Å². The first-order valence-electron chi connectivity index (χ1n) is 8.57. The molecule has 0 saturated carbocycles. The first-order valence-corrected chi connectivity index (χ1v) is 9.11. The number of hydrogen-bond acceptors (Lipinski definition) is 4. The number of benzene rings is 2. The molecule has 1 aliphatic heterocycles. The number of imide groups is 1. The third-order valence-corrected chi connectivity index (χ3v) is 4.29. The highest BCUT2D eigenvalue weighted by atomic mass is 35.5. The van der Waals surface area contributed by atoms with Gasteiger partial charge in [-0.05, 0) is 37.1 Å². The summed E-state index contributed by atoms with van der Waals surface area (Å²) in [5.41, 5.74) is 0.945. The van der Waals surface area contributed by atoms with Crippen molar-refractivity contribution in [1.82, 2.24) is 4.90 Å². The Kier molecular flexibility index (Phi) is 6.12. The topological polar surface area (TPSA) is 55.8 Å². The molecular formula is C20H20ClNO4. The van der Waals surface area contributed by atoms with Crippen molar-refractivity contribution in [3.05, 3.63) is 59.7 Å². The van der Waals surface area contributed by atoms with Gasteiger partial charge in [0.25, 0.3) is 11.8 Å². The maximum Gasteiger partial charge on any atom is 0.261 e. The average Bonchev–Trinajstić information content (AvgIpc) is 2.91. The Balaban J connectivity index is 1.47. The van der Waals surface area contributed by atoms with Crippen LogP contribution in [0, 0.1) is 0 Å². The Morgan fingerprint density at radius 3 is 1.96 bits per heavy atom. The number of ether oxygens (including phenoxy) is 2. The van der Waals surface area contributed by atoms with Gasteiger partial charge in [0.2, 0.25) is 0 Å². The summed E-state index contributed by atoms with van der Waals surface area (Å²) >= 11 is 5.63. The van der Waals surface area contributed by atoms with Gasteiger partial charge in [0.1, 0.15) is 11.5 Å². The number of nitrogens with zero attached hydrogens (tertiary/aromatic N) is 1. The largest absolute Gasteiger partial charge is 0.493 e. The van der Waals surface area contributed by atoms with Gasteiger partial charge in [-0.25, -0.2) is 0 Å². The molecule has 6 heteroatoms. The monoisotopic (exact) mass is 373 g/mol. The molecule has 0 aromatic heterocycles. The van der Waals surface area contributed by atoms with E-state index in [0.29, 0.717) is 48.9 Å². The number of carbonyl (C=O) groups excluding carboxylic acids is 2. The molecule has 0 fully saturated rings. The van der Waals surface area contributed by atoms with E-state index in [-0.39, 0.29) is 11.8 Å². The summed E-state index contributed by atoms with van der Waals surface area (Å²) in [6, 6.07) is 14.3. The first-order chi connectivity index (χ1) is 12.7. The smallest absolute Gasteiger partial charge is 0.261 e. The SMILES string of the molecule is O=C1c2ccccc2C(=O)N1CCCOc1cccc(OCCCCl)c1. The number of alkyl halides is 1. The van der Waals surface area contributed by atoms with E-state index >= 15 is 0 Å². The van der Waals surface area contributed by atoms with Crippen LogP contribution in [0.2, 0.25) is 0 Å². The zero-order chi connectivity index (χ0) is 18.4. The van der Waals surface area contributed by atoms with Gasteiger partial charge in [-0.2, -0.15) is 0 Å². The second-order valence-electron chi connectivity index (χ2n) is 5.88. The van der Waals surface area contributed by atoms with Crippen molar-refractivity contribution >= 4 is 23.4 Å². The second kappa shape index (κ2) is 8.72. The van der Waals surface area contributed by atoms with E-state index in [0.717, 1.165) is 12.2 Å². The Labute approximate surface area is 157 Å². The van der Waals surface area contributed by atoms with Crippen LogP contribution in [0.3, 0.4) is 0 Å². The normalized spacial score (nSPS) is 13.0. The van der Waals surface area contributed by atoms with Crippen LogP contribution in [0.15, 0.2) is 48.5 Å². The van der Waals surface area contributed by atoms with E-state index in [9.17, 15) is 9.59 Å². The number of carbonyl (C=O) groups is 2. The first kappa shape index (κ1) is 18.3. The fraction of sp³-hybridized carbons (Fsp3) is 0.300. The van der Waals surface area contributed by atoms with E-state index in [2.05, 4.69) is 0 Å². The quantitative estimate of drug-likeness (QED) is 0.381. The minimum Gasteiger partial charge on any atom is -0.493 e. The Morgan fingerprint density at radius 1 is 0.808 bits per heavy atom. The van der Waals surface area contributed by atoms with E-state index in [1.165, 1.54) is 4.90 Å². The Morgan fingerprint density at radius 2 is 1.38 bits per heavy atom. The fourth-order valence-electron chi connectivity index (χ4n) is 2.75. The lowest BCUT2D eigenvalue weighted by Gasteiger charge is -2.14. The minimum atomic E-state index is -0.236. The van der Waals surface area contributed by atoms with Crippen LogP contribution in [0.5, 0.6) is 11.5 Å². The van der Waals surface area contributed by atoms with Crippen LogP contribution in [-0.4, -0.2) is 42.4 Å². The maximum atomic E-state index is 12.3. The molecule has 0 saturated heterocycles. The summed E-state index contributed by atoms with van der Waals surface area (Å²) in [4.78, 5) is 25.8. The highest BCUT2D eigenvalue weighted by molar-refractivity contribution is 6.21. The molecule has 0 N–H and O–H groups in total. The summed E-state index contributed by atoms with van der Waals surface area (Å²) in [7, 11) is 0. The molecule has 0 aliphatic carbocycles. The van der Waals surface area contributed by atoms with Crippen LogP contribution >= 0.6 is 11.6 Å². The third-order valence-electron chi connectivity index (χ3n) is 4.03. The maximum absolute atomic E-state index is 12.3. The van der Waals surface area contributed by atoms with Crippen molar-refractivity contribution in [3.8, 4) is 11.5 Å². The summed E-state index contributed by atoms with van der Waals surface area (Å²) in [6.45, 7) is 1.30. The molecule has 0 atom stereocenters. The van der Waals surface area contributed by atoms with Crippen molar-refractivity contribution in [1.29, 1.82) is 0 Å². The van der Waals surface area contributed by atoms with E-state index < -0.39 is 0 Å². The highest BCUT2D eigenvalue weighted by Crippen LogP contribution is 2.23. The fourth-order valence-corrected chi connectivity index (χ4v) is 2.86. The number of rotatable bonds is 9. The van der Waals surface area contributed by atoms with Crippen molar-refractivity contribution < 1.29 is 19.1 Å². The number of halogens is 1. The average molecular weight is 374 g/mol. The van der Waals surface area contributed by atoms with E-state index in [1.807, 2.05) is 24.3 Å². The highest BCUT2D eigenvalue weighted by Gasteiger charge is 2.34. The van der Waals surface area contributed by atoms with Gasteiger partial charge in [-0.15, -0.1) is 11.6 Å². The number of fused-ring (bicyclic) bond motifs is 1. The summed E-state index contributed by atoms with van der Waals surface area (Å²) in [6.07, 6.45) is 1.34. The van der Waals surface area contributed by atoms with Crippen molar-refractivity contribution in [2.75, 3.05) is 25.6 Å². The van der Waals surface area contributed by atoms with Gasteiger partial charge < -0.3 is 9.47 Å². The lowest BCUT2D eigenvalue weighted by Crippen LogP contribution is -2.31. The second-order valence-corrected chi connectivity index (χ2v) is 6.25. The lowest BCUT2D eigenvalue weighted by molar-refractivity contribution is 0.0647. The van der Waals surface area contributed by atoms with Crippen molar-refractivity contribution in [2.24, 2.45) is 0 Å². The molecule has 2 amide bonds. The molecule has 2 aromatic rings. The Hall–Kier alpha value is -2.53. The number of hydrogen-bond donors (Lipinski definition) is 0. The molecule has 26 heavy (non-hydrogen) atoms. The minimum absolute atomic E-state index is 0.236. The van der Waals surface area contributed by atoms with Crippen LogP contribution in [0.1, 0.15) is 33.6 Å². The van der Waals surface area contributed by atoms with Gasteiger partial charge in [0.15, 0.2) is 0 Å². The predicted molar refractivity (Wildman–Crippen MR) is 99.2 cm³/mol. The van der Waals surface area contributed by atoms with Gasteiger partial charge >= 0.3 is 0 Å². The van der Waals surface area contributed by atoms with Crippen LogP contribution in [-0.2, 0) is 0 Å². The molecule has 0 bridgehead atoms. The zero-order valence-electron chi connectivity index (χ0n) is 14.3. The molecule has 1 heterocycles. The molecule has 0 radical (unpaired) electrons. The summed E-state index contributed by atoms with van der Waals surface area (Å²) < 4.78 is 11.3. The van der Waals surface area contributed by atoms with Crippen LogP contribution in [0.4, 0.5) is 0 Å². The summed E-state index contributed by atoms with van der Waals surface area (Å²) in [5, 5.41) is 0. The molecule has 2 aromatic carbocycles. The molecule has 0 spiro atoms. The molecule has 0 unspecified atom stereocenters. The van der Waals surface area contributed by atoms with E-state index in [1.54, 1.807) is 24.3 Å². The Bertz CT molecular complexity index is 758. The third kappa shape index (κ3) is 4.17. The van der Waals surface area contributed by atoms with Gasteiger partial charge in [-0.3, -0.25) is 14.5 Å². The van der Waals surface area contributed by atoms with E-state index in [4.69, 9.17) is 21.1 Å².